The minimum absolute atomic E-state index is 0.0417. The van der Waals surface area contributed by atoms with Gasteiger partial charge in [-0.2, -0.15) is 0 Å². The highest BCUT2D eigenvalue weighted by Gasteiger charge is 2.39. The molecular formula is C43H58O8. The van der Waals surface area contributed by atoms with Crippen molar-refractivity contribution in [3.8, 4) is 39.9 Å². The molecule has 5 N–H and O–H groups in total. The maximum atomic E-state index is 11.8. The second-order valence-corrected chi connectivity index (χ2v) is 15.7. The van der Waals surface area contributed by atoms with E-state index in [4.69, 9.17) is 14.2 Å². The van der Waals surface area contributed by atoms with Gasteiger partial charge in [0, 0.05) is 36.8 Å². The third kappa shape index (κ3) is 8.13. The average molecular weight is 703 g/mol. The summed E-state index contributed by atoms with van der Waals surface area (Å²) < 4.78 is 19.1. The van der Waals surface area contributed by atoms with Crippen molar-refractivity contribution in [3.05, 3.63) is 64.2 Å². The number of aliphatic hydroxyl groups is 3. The molecule has 0 spiro atoms. The highest BCUT2D eigenvalue weighted by Crippen LogP contribution is 2.54. The summed E-state index contributed by atoms with van der Waals surface area (Å²) in [6, 6.07) is 11.2. The molecule has 3 aliphatic rings. The normalized spacial score (nSPS) is 23.2. The Kier molecular flexibility index (Phi) is 12.1. The lowest BCUT2D eigenvalue weighted by molar-refractivity contribution is 0.0198. The third-order valence-corrected chi connectivity index (χ3v) is 11.6. The number of aromatic hydroxyl groups is 2. The van der Waals surface area contributed by atoms with Gasteiger partial charge in [0.25, 0.3) is 0 Å². The van der Waals surface area contributed by atoms with Gasteiger partial charge in [-0.3, -0.25) is 0 Å². The number of phenolic OH excluding ortho intramolecular Hbond substituents is 2. The molecule has 1 fully saturated rings. The van der Waals surface area contributed by atoms with Crippen molar-refractivity contribution in [3.63, 3.8) is 0 Å². The summed E-state index contributed by atoms with van der Waals surface area (Å²) in [5, 5.41) is 52.9. The zero-order valence-corrected chi connectivity index (χ0v) is 30.9. The molecule has 278 valence electrons. The molecule has 8 heteroatoms. The van der Waals surface area contributed by atoms with E-state index >= 15 is 0 Å². The van der Waals surface area contributed by atoms with Gasteiger partial charge in [-0.1, -0.05) is 33.3 Å². The summed E-state index contributed by atoms with van der Waals surface area (Å²) in [6.45, 7) is 6.87. The Balaban J connectivity index is 1.38. The summed E-state index contributed by atoms with van der Waals surface area (Å²) in [6.07, 6.45) is 8.66. The van der Waals surface area contributed by atoms with E-state index in [1.54, 1.807) is 25.3 Å². The minimum Gasteiger partial charge on any atom is -0.508 e. The fourth-order valence-electron chi connectivity index (χ4n) is 8.88. The first kappa shape index (κ1) is 37.3. The Morgan fingerprint density at radius 1 is 0.961 bits per heavy atom. The standard InChI is InChI=1S/C43H58O8/c1-5-26(9-7-15-44)11-12-28-18-30-20-36(47)31(16-25(2)3)19-33(30)42-40(49-4)23-38-34(41(28)42)22-37(48)43(51-38)29-13-14-35(46)39(21-29)50-32-10-6-8-27(17-32)24-45/h13-14,19-21,23,25-28,32,37,43-48H,5-12,15-18,22,24H2,1-4H3/t26-,27+,28-,32-,37-,43+/m1/s1. The summed E-state index contributed by atoms with van der Waals surface area (Å²) in [7, 11) is 1.69. The van der Waals surface area contributed by atoms with E-state index in [0.29, 0.717) is 41.3 Å². The van der Waals surface area contributed by atoms with Crippen molar-refractivity contribution in [1.29, 1.82) is 0 Å². The number of benzene rings is 3. The van der Waals surface area contributed by atoms with Crippen LogP contribution in [0.4, 0.5) is 0 Å². The summed E-state index contributed by atoms with van der Waals surface area (Å²) >= 11 is 0. The lowest BCUT2D eigenvalue weighted by Crippen LogP contribution is -2.32. The molecule has 0 unspecified atom stereocenters. The predicted molar refractivity (Wildman–Crippen MR) is 199 cm³/mol. The zero-order chi connectivity index (χ0) is 36.2. The molecule has 51 heavy (non-hydrogen) atoms. The molecule has 3 aromatic rings. The molecule has 0 bridgehead atoms. The quantitative estimate of drug-likeness (QED) is 0.114. The van der Waals surface area contributed by atoms with Crippen LogP contribution in [0.15, 0.2) is 36.4 Å². The van der Waals surface area contributed by atoms with E-state index < -0.39 is 12.2 Å². The van der Waals surface area contributed by atoms with Gasteiger partial charge < -0.3 is 39.7 Å². The van der Waals surface area contributed by atoms with Gasteiger partial charge in [-0.15, -0.1) is 0 Å². The van der Waals surface area contributed by atoms with Gasteiger partial charge in [0.15, 0.2) is 11.5 Å². The monoisotopic (exact) mass is 702 g/mol. The molecule has 2 aliphatic carbocycles. The molecule has 0 amide bonds. The van der Waals surface area contributed by atoms with Crippen LogP contribution in [0.2, 0.25) is 0 Å². The van der Waals surface area contributed by atoms with Crippen LogP contribution in [0, 0.1) is 17.8 Å². The lowest BCUT2D eigenvalue weighted by atomic mass is 9.71. The number of hydrogen-bond donors (Lipinski definition) is 5. The number of rotatable bonds is 14. The third-order valence-electron chi connectivity index (χ3n) is 11.6. The largest absolute Gasteiger partial charge is 0.508 e. The number of fused-ring (bicyclic) bond motifs is 5. The summed E-state index contributed by atoms with van der Waals surface area (Å²) in [5.41, 5.74) is 7.01. The zero-order valence-electron chi connectivity index (χ0n) is 30.9. The van der Waals surface area contributed by atoms with Crippen molar-refractivity contribution in [2.45, 2.75) is 122 Å². The van der Waals surface area contributed by atoms with Crippen molar-refractivity contribution < 1.29 is 39.7 Å². The first-order valence-corrected chi connectivity index (χ1v) is 19.3. The van der Waals surface area contributed by atoms with E-state index in [-0.39, 0.29) is 36.9 Å². The molecule has 6 atom stereocenters. The highest BCUT2D eigenvalue weighted by molar-refractivity contribution is 5.83. The Hall–Kier alpha value is -3.46. The van der Waals surface area contributed by atoms with Crippen LogP contribution < -0.4 is 14.2 Å². The van der Waals surface area contributed by atoms with Crippen LogP contribution >= 0.6 is 0 Å². The molecular weight excluding hydrogens is 644 g/mol. The van der Waals surface area contributed by atoms with Gasteiger partial charge >= 0.3 is 0 Å². The molecule has 8 nitrogen and oxygen atoms in total. The molecule has 1 saturated carbocycles. The smallest absolute Gasteiger partial charge is 0.161 e. The SMILES string of the molecule is CC[C@H](CCCO)CC[C@@H]1Cc2cc(O)c(CC(C)C)cc2-c2c(OC)cc3c(c21)C[C@@H](O)[C@H](c1ccc(O)c(O[C@@H]2CCC[C@H](CO)C2)c1)O3. The van der Waals surface area contributed by atoms with E-state index in [0.717, 1.165) is 110 Å². The molecule has 1 heterocycles. The summed E-state index contributed by atoms with van der Waals surface area (Å²) in [5.74, 6) is 3.37. The van der Waals surface area contributed by atoms with E-state index in [1.165, 1.54) is 0 Å². The van der Waals surface area contributed by atoms with Gasteiger partial charge in [-0.05, 0) is 140 Å². The van der Waals surface area contributed by atoms with Gasteiger partial charge in [0.05, 0.1) is 19.3 Å². The second kappa shape index (κ2) is 16.5. The molecule has 0 saturated heterocycles. The van der Waals surface area contributed by atoms with E-state index in [1.807, 2.05) is 12.1 Å². The molecule has 1 aliphatic heterocycles. The molecule has 6 rings (SSSR count). The molecule has 3 aromatic carbocycles. The number of aliphatic hydroxyl groups excluding tert-OH is 3. The maximum Gasteiger partial charge on any atom is 0.161 e. The van der Waals surface area contributed by atoms with Gasteiger partial charge in [0.2, 0.25) is 0 Å². The Morgan fingerprint density at radius 2 is 1.78 bits per heavy atom. The Bertz CT molecular complexity index is 1650. The highest BCUT2D eigenvalue weighted by atomic mass is 16.5. The van der Waals surface area contributed by atoms with Crippen LogP contribution in [0.5, 0.6) is 28.7 Å². The summed E-state index contributed by atoms with van der Waals surface area (Å²) in [4.78, 5) is 0. The first-order valence-electron chi connectivity index (χ1n) is 19.3. The predicted octanol–water partition coefficient (Wildman–Crippen LogP) is 8.16. The van der Waals surface area contributed by atoms with Crippen LogP contribution in [-0.2, 0) is 19.3 Å². The van der Waals surface area contributed by atoms with Crippen LogP contribution in [0.25, 0.3) is 11.1 Å². The van der Waals surface area contributed by atoms with Crippen LogP contribution in [0.3, 0.4) is 0 Å². The fraction of sp³-hybridized carbons (Fsp3) is 0.581. The number of hydrogen-bond acceptors (Lipinski definition) is 8. The minimum atomic E-state index is -0.841. The lowest BCUT2D eigenvalue weighted by Gasteiger charge is -2.38. The Morgan fingerprint density at radius 3 is 2.51 bits per heavy atom. The number of phenols is 2. The van der Waals surface area contributed by atoms with Crippen molar-refractivity contribution in [2.24, 2.45) is 17.8 Å². The van der Waals surface area contributed by atoms with Crippen molar-refractivity contribution >= 4 is 0 Å². The number of methoxy groups -OCH3 is 1. The topological polar surface area (TPSA) is 129 Å². The first-order chi connectivity index (χ1) is 24.6. The maximum absolute atomic E-state index is 11.8. The number of ether oxygens (including phenoxy) is 3. The Labute approximate surface area is 303 Å². The van der Waals surface area contributed by atoms with Gasteiger partial charge in [0.1, 0.15) is 23.4 Å². The van der Waals surface area contributed by atoms with Crippen molar-refractivity contribution in [2.75, 3.05) is 20.3 Å². The molecule has 0 aromatic heterocycles. The fourth-order valence-corrected chi connectivity index (χ4v) is 8.88. The average Bonchev–Trinajstić information content (AvgIpc) is 3.12. The van der Waals surface area contributed by atoms with Crippen LogP contribution in [0.1, 0.15) is 118 Å². The van der Waals surface area contributed by atoms with Crippen molar-refractivity contribution in [1.82, 2.24) is 0 Å². The van der Waals surface area contributed by atoms with E-state index in [9.17, 15) is 25.5 Å². The molecule has 0 radical (unpaired) electrons. The van der Waals surface area contributed by atoms with Gasteiger partial charge in [-0.25, -0.2) is 0 Å². The second-order valence-electron chi connectivity index (χ2n) is 15.7. The van der Waals surface area contributed by atoms with Crippen LogP contribution in [-0.4, -0.2) is 58.1 Å². The van der Waals surface area contributed by atoms with E-state index in [2.05, 4.69) is 26.8 Å².